The van der Waals surface area contributed by atoms with Gasteiger partial charge in [-0.3, -0.25) is 0 Å². The van der Waals surface area contributed by atoms with Crippen molar-refractivity contribution >= 4 is 27.5 Å². The van der Waals surface area contributed by atoms with Crippen LogP contribution in [0.15, 0.2) is 22.7 Å². The monoisotopic (exact) mass is 306 g/mol. The third kappa shape index (κ3) is 4.32. The Morgan fingerprint density at radius 3 is 2.69 bits per heavy atom. The Bertz CT molecular complexity index is 353. The van der Waals surface area contributed by atoms with E-state index in [1.165, 1.54) is 0 Å². The molecule has 0 radical (unpaired) electrons. The van der Waals surface area contributed by atoms with Gasteiger partial charge in [0.25, 0.3) is 0 Å². The molecular formula is C12H16BrClO2. The van der Waals surface area contributed by atoms with Crippen LogP contribution in [-0.4, -0.2) is 19.3 Å². The molecular weight excluding hydrogens is 291 g/mol. The Kier molecular flexibility index (Phi) is 5.09. The van der Waals surface area contributed by atoms with E-state index in [2.05, 4.69) is 15.9 Å². The van der Waals surface area contributed by atoms with Crippen LogP contribution in [0, 0.1) is 0 Å². The van der Waals surface area contributed by atoms with E-state index in [9.17, 15) is 0 Å². The minimum absolute atomic E-state index is 0.168. The van der Waals surface area contributed by atoms with Crippen molar-refractivity contribution in [3.63, 3.8) is 0 Å². The Morgan fingerprint density at radius 2 is 2.06 bits per heavy atom. The lowest BCUT2D eigenvalue weighted by Gasteiger charge is -2.22. The number of hydrogen-bond acceptors (Lipinski definition) is 2. The average molecular weight is 308 g/mol. The summed E-state index contributed by atoms with van der Waals surface area (Å²) in [6.07, 6.45) is 0.812. The second-order valence-electron chi connectivity index (χ2n) is 4.14. The van der Waals surface area contributed by atoms with Crippen LogP contribution < -0.4 is 4.74 Å². The zero-order chi connectivity index (χ0) is 12.2. The molecule has 0 saturated carbocycles. The number of hydrogen-bond donors (Lipinski definition) is 0. The zero-order valence-corrected chi connectivity index (χ0v) is 12.1. The number of rotatable bonds is 5. The topological polar surface area (TPSA) is 18.5 Å². The molecule has 0 aromatic heterocycles. The summed E-state index contributed by atoms with van der Waals surface area (Å²) in [6, 6.07) is 5.55. The van der Waals surface area contributed by atoms with Gasteiger partial charge in [0.15, 0.2) is 0 Å². The predicted molar refractivity (Wildman–Crippen MR) is 70.4 cm³/mol. The van der Waals surface area contributed by atoms with E-state index in [1.807, 2.05) is 32.0 Å². The molecule has 0 saturated heterocycles. The van der Waals surface area contributed by atoms with Gasteiger partial charge >= 0.3 is 0 Å². The van der Waals surface area contributed by atoms with Gasteiger partial charge in [0.1, 0.15) is 5.75 Å². The first-order chi connectivity index (χ1) is 7.44. The molecule has 0 aliphatic heterocycles. The van der Waals surface area contributed by atoms with Crippen molar-refractivity contribution < 1.29 is 9.47 Å². The van der Waals surface area contributed by atoms with Gasteiger partial charge in [0.2, 0.25) is 0 Å². The second-order valence-corrected chi connectivity index (χ2v) is 5.46. The zero-order valence-electron chi connectivity index (χ0n) is 9.72. The highest BCUT2D eigenvalue weighted by molar-refractivity contribution is 9.10. The maximum atomic E-state index is 6.00. The van der Waals surface area contributed by atoms with Crippen molar-refractivity contribution in [3.05, 3.63) is 27.7 Å². The van der Waals surface area contributed by atoms with Crippen molar-refractivity contribution in [2.45, 2.75) is 25.9 Å². The van der Waals surface area contributed by atoms with Gasteiger partial charge in [-0.1, -0.05) is 27.5 Å². The molecule has 0 fully saturated rings. The highest BCUT2D eigenvalue weighted by Gasteiger charge is 2.16. The highest BCUT2D eigenvalue weighted by atomic mass is 79.9. The van der Waals surface area contributed by atoms with Gasteiger partial charge in [-0.25, -0.2) is 0 Å². The van der Waals surface area contributed by atoms with Crippen molar-refractivity contribution in [1.29, 1.82) is 0 Å². The molecule has 0 unspecified atom stereocenters. The summed E-state index contributed by atoms with van der Waals surface area (Å²) in [6.45, 7) is 4.63. The lowest BCUT2D eigenvalue weighted by atomic mass is 10.1. The summed E-state index contributed by atoms with van der Waals surface area (Å²) >= 11 is 9.38. The second kappa shape index (κ2) is 5.89. The van der Waals surface area contributed by atoms with Crippen molar-refractivity contribution in [2.24, 2.45) is 0 Å². The van der Waals surface area contributed by atoms with Crippen LogP contribution in [0.4, 0.5) is 0 Å². The fourth-order valence-corrected chi connectivity index (χ4v) is 1.61. The Hall–Kier alpha value is -0.250. The summed E-state index contributed by atoms with van der Waals surface area (Å²) in [4.78, 5) is 0. The summed E-state index contributed by atoms with van der Waals surface area (Å²) < 4.78 is 11.9. The summed E-state index contributed by atoms with van der Waals surface area (Å²) in [7, 11) is 1.70. The number of ether oxygens (including phenoxy) is 2. The molecule has 16 heavy (non-hydrogen) atoms. The molecule has 1 aromatic carbocycles. The molecule has 0 heterocycles. The van der Waals surface area contributed by atoms with E-state index in [-0.39, 0.29) is 5.60 Å². The minimum Gasteiger partial charge on any atom is -0.492 e. The fourth-order valence-electron chi connectivity index (χ4n) is 1.10. The molecule has 0 bridgehead atoms. The van der Waals surface area contributed by atoms with Crippen LogP contribution in [0.5, 0.6) is 5.75 Å². The van der Waals surface area contributed by atoms with Gasteiger partial charge in [-0.05, 0) is 32.0 Å². The first kappa shape index (κ1) is 13.8. The van der Waals surface area contributed by atoms with Gasteiger partial charge < -0.3 is 9.47 Å². The van der Waals surface area contributed by atoms with Crippen LogP contribution in [0.25, 0.3) is 0 Å². The maximum Gasteiger partial charge on any atom is 0.139 e. The maximum absolute atomic E-state index is 6.00. The third-order valence-corrected chi connectivity index (χ3v) is 3.21. The quantitative estimate of drug-likeness (QED) is 0.807. The summed E-state index contributed by atoms with van der Waals surface area (Å²) in [5.41, 5.74) is -0.168. The van der Waals surface area contributed by atoms with E-state index in [0.29, 0.717) is 17.4 Å². The number of halogens is 2. The van der Waals surface area contributed by atoms with Crippen LogP contribution in [0.2, 0.25) is 5.02 Å². The van der Waals surface area contributed by atoms with Crippen LogP contribution >= 0.6 is 27.5 Å². The van der Waals surface area contributed by atoms with Crippen LogP contribution in [0.3, 0.4) is 0 Å². The Labute approximate surface area is 110 Å². The van der Waals surface area contributed by atoms with Crippen molar-refractivity contribution in [2.75, 3.05) is 13.7 Å². The summed E-state index contributed by atoms with van der Waals surface area (Å²) in [5.74, 6) is 0.697. The standard InChI is InChI=1S/C12H16BrClO2/c1-12(2,15-3)6-7-16-11-8-9(13)4-5-10(11)14/h4-5,8H,6-7H2,1-3H3. The molecule has 0 atom stereocenters. The molecule has 2 nitrogen and oxygen atoms in total. The Morgan fingerprint density at radius 1 is 1.38 bits per heavy atom. The van der Waals surface area contributed by atoms with Crippen molar-refractivity contribution in [1.82, 2.24) is 0 Å². The molecule has 0 aliphatic rings. The first-order valence-electron chi connectivity index (χ1n) is 5.07. The van der Waals surface area contributed by atoms with Gasteiger partial charge in [0.05, 0.1) is 17.2 Å². The van der Waals surface area contributed by atoms with E-state index >= 15 is 0 Å². The molecule has 90 valence electrons. The lowest BCUT2D eigenvalue weighted by molar-refractivity contribution is 0.00546. The molecule has 1 rings (SSSR count). The van der Waals surface area contributed by atoms with Gasteiger partial charge in [0, 0.05) is 18.0 Å². The third-order valence-electron chi connectivity index (χ3n) is 2.41. The molecule has 0 spiro atoms. The van der Waals surface area contributed by atoms with Crippen LogP contribution in [0.1, 0.15) is 20.3 Å². The normalized spacial score (nSPS) is 11.6. The van der Waals surface area contributed by atoms with E-state index in [4.69, 9.17) is 21.1 Å². The largest absolute Gasteiger partial charge is 0.492 e. The van der Waals surface area contributed by atoms with Gasteiger partial charge in [-0.15, -0.1) is 0 Å². The minimum atomic E-state index is -0.168. The SMILES string of the molecule is COC(C)(C)CCOc1cc(Br)ccc1Cl. The molecule has 0 amide bonds. The smallest absolute Gasteiger partial charge is 0.139 e. The molecule has 0 aliphatic carbocycles. The fraction of sp³-hybridized carbons (Fsp3) is 0.500. The molecule has 0 N–H and O–H groups in total. The highest BCUT2D eigenvalue weighted by Crippen LogP contribution is 2.28. The van der Waals surface area contributed by atoms with E-state index < -0.39 is 0 Å². The van der Waals surface area contributed by atoms with E-state index in [0.717, 1.165) is 10.9 Å². The first-order valence-corrected chi connectivity index (χ1v) is 6.25. The molecule has 1 aromatic rings. The van der Waals surface area contributed by atoms with E-state index in [1.54, 1.807) is 7.11 Å². The predicted octanol–water partition coefficient (Wildman–Crippen LogP) is 4.30. The van der Waals surface area contributed by atoms with Crippen molar-refractivity contribution in [3.8, 4) is 5.75 Å². The van der Waals surface area contributed by atoms with Gasteiger partial charge in [-0.2, -0.15) is 0 Å². The average Bonchev–Trinajstić information content (AvgIpc) is 2.23. The summed E-state index contributed by atoms with van der Waals surface area (Å²) in [5, 5.41) is 0.624. The molecule has 4 heteroatoms. The Balaban J connectivity index is 2.52. The lowest BCUT2D eigenvalue weighted by Crippen LogP contribution is -2.25. The van der Waals surface area contributed by atoms with Crippen LogP contribution in [-0.2, 0) is 4.74 Å². The number of benzene rings is 1. The number of methoxy groups -OCH3 is 1.